The van der Waals surface area contributed by atoms with Crippen molar-refractivity contribution in [1.29, 1.82) is 0 Å². The van der Waals surface area contributed by atoms with Gasteiger partial charge in [0.15, 0.2) is 0 Å². The van der Waals surface area contributed by atoms with Gasteiger partial charge in [-0.1, -0.05) is 166 Å². The Bertz CT molecular complexity index is 511. The Labute approximate surface area is 234 Å². The van der Waals surface area contributed by atoms with Gasteiger partial charge in [0.1, 0.15) is 6.10 Å². The molecule has 0 aromatic carbocycles. The zero-order valence-corrected chi connectivity index (χ0v) is 25.2. The minimum atomic E-state index is -0.533. The molecule has 0 rings (SSSR count). The summed E-state index contributed by atoms with van der Waals surface area (Å²) < 4.78 is 0. The predicted octanol–water partition coefficient (Wildman–Crippen LogP) is 12.0. The third-order valence-electron chi connectivity index (χ3n) is 7.60. The van der Waals surface area contributed by atoms with E-state index in [2.05, 4.69) is 37.1 Å². The highest BCUT2D eigenvalue weighted by Crippen LogP contribution is 2.14. The number of aliphatic hydroxyl groups excluding tert-OH is 1. The van der Waals surface area contributed by atoms with Crippen LogP contribution in [0.5, 0.6) is 0 Å². The molecule has 216 valence electrons. The fourth-order valence-electron chi connectivity index (χ4n) is 5.04. The molecule has 1 N–H and O–H groups in total. The Morgan fingerprint density at radius 1 is 0.459 bits per heavy atom. The smallest absolute Gasteiger partial charge is 0.114 e. The van der Waals surface area contributed by atoms with Crippen LogP contribution < -0.4 is 0 Å². The quantitative estimate of drug-likeness (QED) is 0.0574. The molecule has 0 fully saturated rings. The predicted molar refractivity (Wildman–Crippen MR) is 168 cm³/mol. The summed E-state index contributed by atoms with van der Waals surface area (Å²) in [5.41, 5.74) is 0. The lowest BCUT2D eigenvalue weighted by Crippen LogP contribution is -2.01. The first-order chi connectivity index (χ1) is 18.3. The minimum Gasteiger partial charge on any atom is -0.380 e. The summed E-state index contributed by atoms with van der Waals surface area (Å²) in [6.45, 7) is 2.30. The molecule has 0 amide bonds. The van der Waals surface area contributed by atoms with Crippen LogP contribution in [0.1, 0.15) is 187 Å². The van der Waals surface area contributed by atoms with Crippen LogP contribution in [0.15, 0.2) is 24.3 Å². The molecule has 1 unspecified atom stereocenters. The lowest BCUT2D eigenvalue weighted by Gasteiger charge is -2.03. The van der Waals surface area contributed by atoms with E-state index in [0.29, 0.717) is 0 Å². The maximum absolute atomic E-state index is 9.32. The van der Waals surface area contributed by atoms with Crippen molar-refractivity contribution in [3.8, 4) is 12.3 Å². The van der Waals surface area contributed by atoms with E-state index in [4.69, 9.17) is 6.42 Å². The van der Waals surface area contributed by atoms with Crippen molar-refractivity contribution in [2.75, 3.05) is 0 Å². The maximum atomic E-state index is 9.32. The Morgan fingerprint density at radius 3 is 1.11 bits per heavy atom. The van der Waals surface area contributed by atoms with Crippen LogP contribution in [-0.4, -0.2) is 11.2 Å². The molecule has 0 bridgehead atoms. The van der Waals surface area contributed by atoms with Crippen LogP contribution in [0.25, 0.3) is 0 Å². The summed E-state index contributed by atoms with van der Waals surface area (Å²) in [5.74, 6) is 2.39. The molecule has 0 aromatic heterocycles. The number of unbranched alkanes of at least 4 members (excludes halogenated alkanes) is 24. The lowest BCUT2D eigenvalue weighted by molar-refractivity contribution is 0.217. The second kappa shape index (κ2) is 33.0. The molecule has 0 spiro atoms. The lowest BCUT2D eigenvalue weighted by atomic mass is 10.0. The van der Waals surface area contributed by atoms with E-state index in [0.717, 1.165) is 12.8 Å². The molecule has 0 saturated carbocycles. The van der Waals surface area contributed by atoms with E-state index in [9.17, 15) is 5.11 Å². The molecule has 1 atom stereocenters. The standard InChI is InChI=1S/C36H66O/c1-3-5-6-7-8-9-10-11-12-13-14-15-16-17-18-19-20-21-22-23-24-25-26-27-28-29-30-31-32-33-34-35-36(37)4-2/h2,19-20,23-24,36-37H,3,5-18,21-22,25-35H2,1H3/b20-19-,24-23-. The molecule has 0 aliphatic carbocycles. The normalized spacial score (nSPS) is 12.6. The monoisotopic (exact) mass is 515 g/mol. The van der Waals surface area contributed by atoms with E-state index >= 15 is 0 Å². The highest BCUT2D eigenvalue weighted by molar-refractivity contribution is 4.92. The van der Waals surface area contributed by atoms with Crippen LogP contribution in [0.4, 0.5) is 0 Å². The topological polar surface area (TPSA) is 20.2 Å². The molecule has 37 heavy (non-hydrogen) atoms. The van der Waals surface area contributed by atoms with Gasteiger partial charge in [0.25, 0.3) is 0 Å². The molecule has 0 heterocycles. The summed E-state index contributed by atoms with van der Waals surface area (Å²) in [4.78, 5) is 0. The average molecular weight is 515 g/mol. The summed E-state index contributed by atoms with van der Waals surface area (Å²) in [6, 6.07) is 0. The highest BCUT2D eigenvalue weighted by Gasteiger charge is 1.98. The first-order valence-corrected chi connectivity index (χ1v) is 16.8. The fraction of sp³-hybridized carbons (Fsp3) is 0.833. The SMILES string of the molecule is C#CC(O)CCCCCCCCCCC/C=C\CC/C=C\CCCCCCCCCCCCCCCC. The highest BCUT2D eigenvalue weighted by atomic mass is 16.3. The third-order valence-corrected chi connectivity index (χ3v) is 7.60. The summed E-state index contributed by atoms with van der Waals surface area (Å²) in [6.07, 6.45) is 51.8. The molecule has 0 aliphatic rings. The van der Waals surface area contributed by atoms with Gasteiger partial charge >= 0.3 is 0 Å². The van der Waals surface area contributed by atoms with Crippen molar-refractivity contribution in [2.24, 2.45) is 0 Å². The minimum absolute atomic E-state index is 0.533. The van der Waals surface area contributed by atoms with Gasteiger partial charge in [-0.2, -0.15) is 0 Å². The van der Waals surface area contributed by atoms with Gasteiger partial charge in [0.2, 0.25) is 0 Å². The first-order valence-electron chi connectivity index (χ1n) is 16.8. The molecular formula is C36H66O. The third kappa shape index (κ3) is 33.0. The van der Waals surface area contributed by atoms with E-state index in [1.165, 1.54) is 167 Å². The van der Waals surface area contributed by atoms with Crippen LogP contribution in [0, 0.1) is 12.3 Å². The Hall–Kier alpha value is -1.00. The molecule has 1 nitrogen and oxygen atoms in total. The van der Waals surface area contributed by atoms with Gasteiger partial charge in [-0.3, -0.25) is 0 Å². The van der Waals surface area contributed by atoms with E-state index in [-0.39, 0.29) is 0 Å². The number of terminal acetylenes is 1. The first kappa shape index (κ1) is 36.0. The summed E-state index contributed by atoms with van der Waals surface area (Å²) in [7, 11) is 0. The Morgan fingerprint density at radius 2 is 0.757 bits per heavy atom. The molecule has 0 aliphatic heterocycles. The number of rotatable bonds is 30. The molecule has 0 aromatic rings. The molecule has 1 heteroatoms. The number of hydrogen-bond acceptors (Lipinski definition) is 1. The van der Waals surface area contributed by atoms with Crippen molar-refractivity contribution in [1.82, 2.24) is 0 Å². The Balaban J connectivity index is 3.17. The van der Waals surface area contributed by atoms with Crippen molar-refractivity contribution in [2.45, 2.75) is 193 Å². The van der Waals surface area contributed by atoms with Crippen molar-refractivity contribution in [3.05, 3.63) is 24.3 Å². The van der Waals surface area contributed by atoms with Crippen LogP contribution >= 0.6 is 0 Å². The van der Waals surface area contributed by atoms with Crippen molar-refractivity contribution >= 4 is 0 Å². The second-order valence-corrected chi connectivity index (χ2v) is 11.3. The maximum Gasteiger partial charge on any atom is 0.114 e. The van der Waals surface area contributed by atoms with Crippen LogP contribution in [0.3, 0.4) is 0 Å². The van der Waals surface area contributed by atoms with Crippen molar-refractivity contribution in [3.63, 3.8) is 0 Å². The zero-order chi connectivity index (χ0) is 26.9. The Kier molecular flexibility index (Phi) is 32.1. The zero-order valence-electron chi connectivity index (χ0n) is 25.2. The van der Waals surface area contributed by atoms with E-state index < -0.39 is 6.10 Å². The van der Waals surface area contributed by atoms with Gasteiger partial charge in [-0.05, 0) is 51.4 Å². The molecule has 0 radical (unpaired) electrons. The van der Waals surface area contributed by atoms with Gasteiger partial charge in [0.05, 0.1) is 0 Å². The van der Waals surface area contributed by atoms with E-state index in [1.54, 1.807) is 0 Å². The number of aliphatic hydroxyl groups is 1. The largest absolute Gasteiger partial charge is 0.380 e. The number of allylic oxidation sites excluding steroid dienone is 4. The van der Waals surface area contributed by atoms with Gasteiger partial charge in [-0.15, -0.1) is 6.42 Å². The summed E-state index contributed by atoms with van der Waals surface area (Å²) >= 11 is 0. The van der Waals surface area contributed by atoms with Crippen molar-refractivity contribution < 1.29 is 5.11 Å². The van der Waals surface area contributed by atoms with Crippen LogP contribution in [0.2, 0.25) is 0 Å². The fourth-order valence-corrected chi connectivity index (χ4v) is 5.04. The molecule has 0 saturated heterocycles. The van der Waals surface area contributed by atoms with Gasteiger partial charge in [-0.25, -0.2) is 0 Å². The number of hydrogen-bond donors (Lipinski definition) is 1. The second-order valence-electron chi connectivity index (χ2n) is 11.3. The summed E-state index contributed by atoms with van der Waals surface area (Å²) in [5, 5.41) is 9.32. The van der Waals surface area contributed by atoms with Gasteiger partial charge < -0.3 is 5.11 Å². The van der Waals surface area contributed by atoms with Crippen LogP contribution in [-0.2, 0) is 0 Å². The van der Waals surface area contributed by atoms with E-state index in [1.807, 2.05) is 0 Å². The van der Waals surface area contributed by atoms with Gasteiger partial charge in [0, 0.05) is 0 Å². The average Bonchev–Trinajstić information content (AvgIpc) is 2.91. The molecular weight excluding hydrogens is 448 g/mol.